The summed E-state index contributed by atoms with van der Waals surface area (Å²) in [5, 5.41) is 4.81. The van der Waals surface area contributed by atoms with Gasteiger partial charge >= 0.3 is 0 Å². The number of nitrogens with one attached hydrogen (secondary N) is 1. The molecule has 1 N–H and O–H groups in total. The average Bonchev–Trinajstić information content (AvgIpc) is 2.90. The van der Waals surface area contributed by atoms with Crippen LogP contribution in [0.1, 0.15) is 17.5 Å². The second-order valence-electron chi connectivity index (χ2n) is 5.22. The van der Waals surface area contributed by atoms with Gasteiger partial charge in [-0.3, -0.25) is 0 Å². The predicted octanol–water partition coefficient (Wildman–Crippen LogP) is 4.06. The predicted molar refractivity (Wildman–Crippen MR) is 90.9 cm³/mol. The van der Waals surface area contributed by atoms with E-state index >= 15 is 0 Å². The number of likely N-dealkylation sites (N-methyl/N-ethyl adjacent to an activating group) is 1. The second-order valence-corrected chi connectivity index (χ2v) is 6.34. The van der Waals surface area contributed by atoms with Gasteiger partial charge in [0, 0.05) is 12.5 Å². The van der Waals surface area contributed by atoms with Crippen molar-refractivity contribution in [3.05, 3.63) is 65.2 Å². The average molecular weight is 296 g/mol. The fourth-order valence-corrected chi connectivity index (χ4v) is 3.67. The van der Waals surface area contributed by atoms with Crippen LogP contribution in [0.25, 0.3) is 10.2 Å². The molecule has 108 valence electrons. The normalized spacial score (nSPS) is 12.6. The SMILES string of the molecule is CCNC(Cc1ccccc1)Cc1nc2ccccc2s1. The molecule has 2 nitrogen and oxygen atoms in total. The van der Waals surface area contributed by atoms with Gasteiger partial charge in [-0.25, -0.2) is 4.98 Å². The van der Waals surface area contributed by atoms with Crippen molar-refractivity contribution in [1.82, 2.24) is 10.3 Å². The smallest absolute Gasteiger partial charge is 0.0954 e. The van der Waals surface area contributed by atoms with Crippen LogP contribution >= 0.6 is 11.3 Å². The summed E-state index contributed by atoms with van der Waals surface area (Å²) in [6.07, 6.45) is 2.03. The first-order valence-electron chi connectivity index (χ1n) is 7.47. The molecule has 0 saturated carbocycles. The molecular weight excluding hydrogens is 276 g/mol. The Hall–Kier alpha value is -1.71. The molecule has 21 heavy (non-hydrogen) atoms. The first-order valence-corrected chi connectivity index (χ1v) is 8.28. The van der Waals surface area contributed by atoms with Gasteiger partial charge in [0.1, 0.15) is 0 Å². The Morgan fingerprint density at radius 3 is 2.52 bits per heavy atom. The lowest BCUT2D eigenvalue weighted by Crippen LogP contribution is -2.33. The van der Waals surface area contributed by atoms with Gasteiger partial charge < -0.3 is 5.32 Å². The summed E-state index contributed by atoms with van der Waals surface area (Å²) in [7, 11) is 0. The van der Waals surface area contributed by atoms with E-state index in [0.29, 0.717) is 6.04 Å². The molecule has 0 aliphatic rings. The highest BCUT2D eigenvalue weighted by Crippen LogP contribution is 2.23. The fourth-order valence-electron chi connectivity index (χ4n) is 2.62. The third kappa shape index (κ3) is 3.69. The second kappa shape index (κ2) is 6.83. The summed E-state index contributed by atoms with van der Waals surface area (Å²) in [6, 6.07) is 19.5. The molecule has 1 aromatic heterocycles. The molecule has 0 aliphatic heterocycles. The van der Waals surface area contributed by atoms with Crippen LogP contribution in [0.2, 0.25) is 0 Å². The van der Waals surface area contributed by atoms with Crippen molar-refractivity contribution >= 4 is 21.6 Å². The van der Waals surface area contributed by atoms with Crippen molar-refractivity contribution in [3.8, 4) is 0 Å². The number of aromatic nitrogens is 1. The highest BCUT2D eigenvalue weighted by Gasteiger charge is 2.12. The van der Waals surface area contributed by atoms with E-state index in [4.69, 9.17) is 4.98 Å². The summed E-state index contributed by atoms with van der Waals surface area (Å²) in [4.78, 5) is 4.75. The van der Waals surface area contributed by atoms with E-state index in [9.17, 15) is 0 Å². The molecule has 0 saturated heterocycles. The third-order valence-corrected chi connectivity index (χ3v) is 4.64. The van der Waals surface area contributed by atoms with Crippen LogP contribution in [0.3, 0.4) is 0 Å². The maximum atomic E-state index is 4.75. The number of thiazole rings is 1. The topological polar surface area (TPSA) is 24.9 Å². The molecule has 1 heterocycles. The molecule has 0 amide bonds. The zero-order valence-electron chi connectivity index (χ0n) is 12.3. The third-order valence-electron chi connectivity index (χ3n) is 3.58. The Bertz CT molecular complexity index is 658. The lowest BCUT2D eigenvalue weighted by Gasteiger charge is -2.16. The zero-order chi connectivity index (χ0) is 14.5. The monoisotopic (exact) mass is 296 g/mol. The van der Waals surface area contributed by atoms with Gasteiger partial charge in [-0.2, -0.15) is 0 Å². The molecule has 2 aromatic carbocycles. The van der Waals surface area contributed by atoms with E-state index in [2.05, 4.69) is 66.8 Å². The maximum absolute atomic E-state index is 4.75. The number of fused-ring (bicyclic) bond motifs is 1. The Labute approximate surface area is 129 Å². The minimum atomic E-state index is 0.443. The number of hydrogen-bond donors (Lipinski definition) is 1. The first-order chi connectivity index (χ1) is 10.3. The zero-order valence-corrected chi connectivity index (χ0v) is 13.1. The van der Waals surface area contributed by atoms with Gasteiger partial charge in [0.05, 0.1) is 15.2 Å². The summed E-state index contributed by atoms with van der Waals surface area (Å²) >= 11 is 1.81. The Morgan fingerprint density at radius 2 is 1.76 bits per heavy atom. The fraction of sp³-hybridized carbons (Fsp3) is 0.278. The van der Waals surface area contributed by atoms with Crippen LogP contribution in [0.4, 0.5) is 0 Å². The van der Waals surface area contributed by atoms with Crippen molar-refractivity contribution in [1.29, 1.82) is 0 Å². The highest BCUT2D eigenvalue weighted by molar-refractivity contribution is 7.18. The first kappa shape index (κ1) is 14.2. The van der Waals surface area contributed by atoms with Gasteiger partial charge in [-0.1, -0.05) is 49.4 Å². The van der Waals surface area contributed by atoms with Gasteiger partial charge in [-0.15, -0.1) is 11.3 Å². The number of nitrogens with zero attached hydrogens (tertiary/aromatic N) is 1. The molecule has 3 aromatic rings. The molecule has 0 bridgehead atoms. The van der Waals surface area contributed by atoms with Crippen LogP contribution < -0.4 is 5.32 Å². The Morgan fingerprint density at radius 1 is 1.00 bits per heavy atom. The van der Waals surface area contributed by atoms with Crippen molar-refractivity contribution in [3.63, 3.8) is 0 Å². The summed E-state index contributed by atoms with van der Waals surface area (Å²) in [5.74, 6) is 0. The minimum Gasteiger partial charge on any atom is -0.314 e. The van der Waals surface area contributed by atoms with E-state index in [-0.39, 0.29) is 0 Å². The molecule has 1 atom stereocenters. The molecule has 0 aliphatic carbocycles. The van der Waals surface area contributed by atoms with Gasteiger partial charge in [0.15, 0.2) is 0 Å². The number of hydrogen-bond acceptors (Lipinski definition) is 3. The van der Waals surface area contributed by atoms with E-state index in [0.717, 1.165) is 24.9 Å². The molecule has 0 radical (unpaired) electrons. The lowest BCUT2D eigenvalue weighted by molar-refractivity contribution is 0.521. The van der Waals surface area contributed by atoms with E-state index in [1.807, 2.05) is 11.3 Å². The molecule has 3 heteroatoms. The molecule has 0 spiro atoms. The van der Waals surface area contributed by atoms with Crippen LogP contribution in [0, 0.1) is 0 Å². The largest absolute Gasteiger partial charge is 0.314 e. The lowest BCUT2D eigenvalue weighted by atomic mass is 10.0. The molecule has 3 rings (SSSR count). The quantitative estimate of drug-likeness (QED) is 0.742. The summed E-state index contributed by atoms with van der Waals surface area (Å²) < 4.78 is 1.28. The van der Waals surface area contributed by atoms with Crippen molar-refractivity contribution in [2.45, 2.75) is 25.8 Å². The highest BCUT2D eigenvalue weighted by atomic mass is 32.1. The number of rotatable bonds is 6. The van der Waals surface area contributed by atoms with Crippen molar-refractivity contribution in [2.24, 2.45) is 0 Å². The number of para-hydroxylation sites is 1. The summed E-state index contributed by atoms with van der Waals surface area (Å²) in [6.45, 7) is 3.15. The standard InChI is InChI=1S/C18H20N2S/c1-2-19-15(12-14-8-4-3-5-9-14)13-18-20-16-10-6-7-11-17(16)21-18/h3-11,15,19H,2,12-13H2,1H3. The summed E-state index contributed by atoms with van der Waals surface area (Å²) in [5.41, 5.74) is 2.50. The van der Waals surface area contributed by atoms with Crippen LogP contribution in [0.15, 0.2) is 54.6 Å². The number of benzene rings is 2. The molecular formula is C18H20N2S. The van der Waals surface area contributed by atoms with Gasteiger partial charge in [0.2, 0.25) is 0 Å². The van der Waals surface area contributed by atoms with E-state index in [1.165, 1.54) is 15.3 Å². The van der Waals surface area contributed by atoms with E-state index in [1.54, 1.807) is 0 Å². The van der Waals surface area contributed by atoms with Crippen LogP contribution in [0.5, 0.6) is 0 Å². The maximum Gasteiger partial charge on any atom is 0.0954 e. The molecule has 1 unspecified atom stereocenters. The minimum absolute atomic E-state index is 0.443. The van der Waals surface area contributed by atoms with Crippen molar-refractivity contribution in [2.75, 3.05) is 6.54 Å². The van der Waals surface area contributed by atoms with Gasteiger partial charge in [0.25, 0.3) is 0 Å². The Balaban J connectivity index is 1.75. The van der Waals surface area contributed by atoms with Crippen LogP contribution in [-0.4, -0.2) is 17.6 Å². The Kier molecular flexibility index (Phi) is 4.63. The molecule has 0 fully saturated rings. The van der Waals surface area contributed by atoms with Gasteiger partial charge in [-0.05, 0) is 30.7 Å². The van der Waals surface area contributed by atoms with E-state index < -0.39 is 0 Å². The van der Waals surface area contributed by atoms with Crippen molar-refractivity contribution < 1.29 is 0 Å². The van der Waals surface area contributed by atoms with Crippen LogP contribution in [-0.2, 0) is 12.8 Å².